The molecule has 0 aliphatic carbocycles. The topological polar surface area (TPSA) is 141 Å². The second-order valence-electron chi connectivity index (χ2n) is 4.90. The van der Waals surface area contributed by atoms with Gasteiger partial charge in [0.15, 0.2) is 0 Å². The SMILES string of the molecule is COC(CN)N(c1snc2ccc(S(=O)(=O)O)cc12)C(CN)OC. The van der Waals surface area contributed by atoms with Crippen molar-refractivity contribution in [2.45, 2.75) is 17.4 Å². The first-order valence-corrected chi connectivity index (χ1v) is 9.19. The first-order valence-electron chi connectivity index (χ1n) is 6.98. The molecule has 9 nitrogen and oxygen atoms in total. The number of anilines is 1. The molecule has 0 spiro atoms. The van der Waals surface area contributed by atoms with Crippen LogP contribution in [0.1, 0.15) is 0 Å². The van der Waals surface area contributed by atoms with E-state index in [4.69, 9.17) is 20.9 Å². The summed E-state index contributed by atoms with van der Waals surface area (Å²) >= 11 is 1.14. The molecule has 0 radical (unpaired) electrons. The van der Waals surface area contributed by atoms with Crippen LogP contribution >= 0.6 is 11.5 Å². The van der Waals surface area contributed by atoms with Gasteiger partial charge in [-0.05, 0) is 29.7 Å². The van der Waals surface area contributed by atoms with Gasteiger partial charge in [-0.1, -0.05) is 0 Å². The normalized spacial score (nSPS) is 14.7. The fourth-order valence-electron chi connectivity index (χ4n) is 2.35. The molecule has 0 amide bonds. The zero-order valence-corrected chi connectivity index (χ0v) is 14.9. The smallest absolute Gasteiger partial charge is 0.294 e. The summed E-state index contributed by atoms with van der Waals surface area (Å²) in [5.74, 6) is 0. The highest BCUT2D eigenvalue weighted by atomic mass is 32.2. The Hall–Kier alpha value is -1.34. The Morgan fingerprint density at radius 3 is 2.29 bits per heavy atom. The number of fused-ring (bicyclic) bond motifs is 1. The lowest BCUT2D eigenvalue weighted by Crippen LogP contribution is -2.51. The molecule has 134 valence electrons. The van der Waals surface area contributed by atoms with Crippen molar-refractivity contribution in [3.05, 3.63) is 18.2 Å². The van der Waals surface area contributed by atoms with Gasteiger partial charge < -0.3 is 25.8 Å². The molecule has 1 heterocycles. The van der Waals surface area contributed by atoms with Crippen molar-refractivity contribution in [2.24, 2.45) is 11.5 Å². The number of aromatic nitrogens is 1. The molecule has 5 N–H and O–H groups in total. The van der Waals surface area contributed by atoms with Crippen molar-refractivity contribution in [3.63, 3.8) is 0 Å². The minimum atomic E-state index is -4.33. The highest BCUT2D eigenvalue weighted by Crippen LogP contribution is 2.35. The zero-order chi connectivity index (χ0) is 17.9. The van der Waals surface area contributed by atoms with Crippen LogP contribution in [0.15, 0.2) is 23.1 Å². The second kappa shape index (κ2) is 7.70. The van der Waals surface area contributed by atoms with Gasteiger partial charge in [0.1, 0.15) is 17.5 Å². The van der Waals surface area contributed by atoms with Gasteiger partial charge in [-0.25, -0.2) is 0 Å². The van der Waals surface area contributed by atoms with Crippen LogP contribution in [-0.4, -0.2) is 57.1 Å². The molecule has 2 unspecified atom stereocenters. The third-order valence-electron chi connectivity index (χ3n) is 3.53. The van der Waals surface area contributed by atoms with Crippen LogP contribution in [0.25, 0.3) is 10.9 Å². The monoisotopic (exact) mass is 376 g/mol. The number of benzene rings is 1. The van der Waals surface area contributed by atoms with Gasteiger partial charge in [0.2, 0.25) is 0 Å². The fourth-order valence-corrected chi connectivity index (χ4v) is 3.79. The Balaban J connectivity index is 2.64. The third-order valence-corrected chi connectivity index (χ3v) is 5.27. The summed E-state index contributed by atoms with van der Waals surface area (Å²) in [6.45, 7) is 0.321. The predicted octanol–water partition coefficient (Wildman–Crippen LogP) is 0.212. The first-order chi connectivity index (χ1) is 11.4. The van der Waals surface area contributed by atoms with Crippen LogP contribution in [0.4, 0.5) is 5.00 Å². The molecule has 0 saturated heterocycles. The lowest BCUT2D eigenvalue weighted by atomic mass is 10.2. The lowest BCUT2D eigenvalue weighted by Gasteiger charge is -2.35. The van der Waals surface area contributed by atoms with Gasteiger partial charge >= 0.3 is 0 Å². The Morgan fingerprint density at radius 1 is 1.25 bits per heavy atom. The van der Waals surface area contributed by atoms with Crippen molar-refractivity contribution in [3.8, 4) is 0 Å². The van der Waals surface area contributed by atoms with Gasteiger partial charge in [0, 0.05) is 32.7 Å². The average Bonchev–Trinajstić information content (AvgIpc) is 2.97. The van der Waals surface area contributed by atoms with Crippen LogP contribution in [0, 0.1) is 0 Å². The summed E-state index contributed by atoms with van der Waals surface area (Å²) in [6.07, 6.45) is -1.09. The maximum absolute atomic E-state index is 11.4. The van der Waals surface area contributed by atoms with E-state index in [-0.39, 0.29) is 18.0 Å². The number of hydrogen-bond donors (Lipinski definition) is 3. The van der Waals surface area contributed by atoms with Gasteiger partial charge in [-0.2, -0.15) is 12.8 Å². The quantitative estimate of drug-likeness (QED) is 0.435. The summed E-state index contributed by atoms with van der Waals surface area (Å²) in [5, 5.41) is 1.12. The highest BCUT2D eigenvalue weighted by Gasteiger charge is 2.29. The molecule has 2 rings (SSSR count). The molecule has 2 aromatic rings. The van der Waals surface area contributed by atoms with Crippen molar-refractivity contribution >= 4 is 37.6 Å². The van der Waals surface area contributed by atoms with E-state index < -0.39 is 22.6 Å². The first kappa shape index (κ1) is 19.0. The Bertz CT molecular complexity index is 775. The van der Waals surface area contributed by atoms with Gasteiger partial charge in [-0.15, -0.1) is 0 Å². The average molecular weight is 376 g/mol. The fraction of sp³-hybridized carbons (Fsp3) is 0.462. The van der Waals surface area contributed by atoms with Crippen LogP contribution < -0.4 is 16.4 Å². The van der Waals surface area contributed by atoms with Crippen LogP contribution in [0.3, 0.4) is 0 Å². The van der Waals surface area contributed by atoms with Crippen molar-refractivity contribution in [2.75, 3.05) is 32.2 Å². The van der Waals surface area contributed by atoms with Crippen LogP contribution in [0.2, 0.25) is 0 Å². The molecule has 24 heavy (non-hydrogen) atoms. The van der Waals surface area contributed by atoms with Crippen LogP contribution in [0.5, 0.6) is 0 Å². The molecular weight excluding hydrogens is 356 g/mol. The van der Waals surface area contributed by atoms with Crippen molar-refractivity contribution in [1.29, 1.82) is 0 Å². The van der Waals surface area contributed by atoms with E-state index in [1.807, 2.05) is 0 Å². The van der Waals surface area contributed by atoms with E-state index in [9.17, 15) is 13.0 Å². The molecule has 1 aromatic heterocycles. The molecule has 0 saturated carbocycles. The van der Waals surface area contributed by atoms with E-state index in [0.29, 0.717) is 15.9 Å². The molecule has 0 fully saturated rings. The van der Waals surface area contributed by atoms with Gasteiger partial charge in [0.25, 0.3) is 10.1 Å². The maximum atomic E-state index is 11.4. The Morgan fingerprint density at radius 2 is 1.83 bits per heavy atom. The zero-order valence-electron chi connectivity index (χ0n) is 13.2. The third kappa shape index (κ3) is 3.67. The summed E-state index contributed by atoms with van der Waals surface area (Å²) in [6, 6.07) is 4.16. The van der Waals surface area contributed by atoms with Crippen molar-refractivity contribution < 1.29 is 22.4 Å². The number of ether oxygens (including phenoxy) is 2. The van der Waals surface area contributed by atoms with E-state index >= 15 is 0 Å². The minimum absolute atomic E-state index is 0.160. The van der Waals surface area contributed by atoms with E-state index in [1.54, 1.807) is 4.90 Å². The van der Waals surface area contributed by atoms with Crippen molar-refractivity contribution in [1.82, 2.24) is 4.37 Å². The van der Waals surface area contributed by atoms with E-state index in [1.165, 1.54) is 32.4 Å². The number of rotatable bonds is 8. The molecular formula is C13H20N4O5S2. The van der Waals surface area contributed by atoms with Gasteiger partial charge in [0.05, 0.1) is 10.4 Å². The number of hydrogen-bond acceptors (Lipinski definition) is 9. The summed E-state index contributed by atoms with van der Waals surface area (Å²) in [7, 11) is -1.33. The lowest BCUT2D eigenvalue weighted by molar-refractivity contribution is 0.0347. The van der Waals surface area contributed by atoms with Gasteiger partial charge in [-0.3, -0.25) is 4.55 Å². The standard InChI is InChI=1S/C13H20N4O5S2/c1-21-11(6-14)17(12(7-15)22-2)13-9-5-8(24(18,19)20)3-4-10(9)16-23-13/h3-5,11-12H,6-7,14-15H2,1-2H3,(H,18,19,20). The maximum Gasteiger partial charge on any atom is 0.294 e. The largest absolute Gasteiger partial charge is 0.360 e. The number of methoxy groups -OCH3 is 2. The molecule has 0 bridgehead atoms. The Labute approximate surface area is 144 Å². The molecule has 11 heteroatoms. The summed E-state index contributed by atoms with van der Waals surface area (Å²) in [5.41, 5.74) is 12.1. The molecule has 0 aliphatic rings. The molecule has 1 aromatic carbocycles. The van der Waals surface area contributed by atoms with Crippen LogP contribution in [-0.2, 0) is 19.6 Å². The van der Waals surface area contributed by atoms with E-state index in [2.05, 4.69) is 4.37 Å². The minimum Gasteiger partial charge on any atom is -0.360 e. The predicted molar refractivity (Wildman–Crippen MR) is 91.6 cm³/mol. The number of nitrogens with two attached hydrogens (primary N) is 2. The second-order valence-corrected chi connectivity index (χ2v) is 7.07. The number of nitrogens with zero attached hydrogens (tertiary/aromatic N) is 2. The highest BCUT2D eigenvalue weighted by molar-refractivity contribution is 7.85. The molecule has 0 aliphatic heterocycles. The molecule has 2 atom stereocenters. The van der Waals surface area contributed by atoms with E-state index in [0.717, 1.165) is 11.5 Å². The Kier molecular flexibility index (Phi) is 6.09. The summed E-state index contributed by atoms with van der Waals surface area (Å²) in [4.78, 5) is 1.49. The summed E-state index contributed by atoms with van der Waals surface area (Å²) < 4.78 is 47.2.